The maximum Gasteiger partial charge on any atom is 0.119 e. The SMILES string of the molecule is CC(C)(C)c1ccc2c(Cc3cnc4ccc5cn[nH]c5c4c3)c(O)ccc2c1. The third-order valence-corrected chi connectivity index (χ3v) is 5.69. The van der Waals surface area contributed by atoms with Gasteiger partial charge in [0.15, 0.2) is 0 Å². The van der Waals surface area contributed by atoms with Crippen molar-refractivity contribution in [3.05, 3.63) is 77.6 Å². The number of aromatic nitrogens is 3. The first-order valence-electron chi connectivity index (χ1n) is 9.86. The Kier molecular flexibility index (Phi) is 3.85. The van der Waals surface area contributed by atoms with Crippen LogP contribution in [0, 0.1) is 0 Å². The van der Waals surface area contributed by atoms with Crippen molar-refractivity contribution in [3.63, 3.8) is 0 Å². The van der Waals surface area contributed by atoms with Gasteiger partial charge in [-0.3, -0.25) is 10.1 Å². The van der Waals surface area contributed by atoms with Crippen LogP contribution in [0.4, 0.5) is 0 Å². The lowest BCUT2D eigenvalue weighted by Gasteiger charge is -2.20. The Balaban J connectivity index is 1.63. The number of rotatable bonds is 2. The van der Waals surface area contributed by atoms with Crippen LogP contribution in [0.5, 0.6) is 5.75 Å². The van der Waals surface area contributed by atoms with Crippen molar-refractivity contribution in [3.8, 4) is 5.75 Å². The van der Waals surface area contributed by atoms with Gasteiger partial charge in [-0.2, -0.15) is 5.10 Å². The minimum atomic E-state index is 0.0873. The highest BCUT2D eigenvalue weighted by Crippen LogP contribution is 2.33. The monoisotopic (exact) mass is 381 g/mol. The highest BCUT2D eigenvalue weighted by molar-refractivity contribution is 6.03. The quantitative estimate of drug-likeness (QED) is 0.403. The number of H-pyrrole nitrogens is 1. The maximum absolute atomic E-state index is 10.6. The average Bonchev–Trinajstić information content (AvgIpc) is 3.18. The summed E-state index contributed by atoms with van der Waals surface area (Å²) in [6.45, 7) is 6.64. The summed E-state index contributed by atoms with van der Waals surface area (Å²) >= 11 is 0. The number of aromatic hydroxyl groups is 1. The van der Waals surface area contributed by atoms with Crippen LogP contribution in [0.25, 0.3) is 32.6 Å². The van der Waals surface area contributed by atoms with E-state index in [1.807, 2.05) is 30.6 Å². The summed E-state index contributed by atoms with van der Waals surface area (Å²) in [5.41, 5.74) is 5.29. The van der Waals surface area contributed by atoms with Gasteiger partial charge in [0, 0.05) is 29.0 Å². The van der Waals surface area contributed by atoms with Gasteiger partial charge < -0.3 is 5.11 Å². The van der Waals surface area contributed by atoms with Crippen LogP contribution < -0.4 is 0 Å². The number of phenols is 1. The van der Waals surface area contributed by atoms with Crippen LogP contribution in [-0.4, -0.2) is 20.3 Å². The van der Waals surface area contributed by atoms with Crippen molar-refractivity contribution < 1.29 is 5.11 Å². The van der Waals surface area contributed by atoms with E-state index in [9.17, 15) is 5.11 Å². The van der Waals surface area contributed by atoms with Crippen LogP contribution in [0.15, 0.2) is 60.9 Å². The van der Waals surface area contributed by atoms with Gasteiger partial charge in [0.25, 0.3) is 0 Å². The van der Waals surface area contributed by atoms with Crippen molar-refractivity contribution in [1.29, 1.82) is 0 Å². The molecule has 5 rings (SSSR count). The van der Waals surface area contributed by atoms with Crippen LogP contribution in [-0.2, 0) is 11.8 Å². The Morgan fingerprint density at radius 1 is 0.897 bits per heavy atom. The molecule has 2 heterocycles. The van der Waals surface area contributed by atoms with Crippen molar-refractivity contribution in [2.24, 2.45) is 0 Å². The summed E-state index contributed by atoms with van der Waals surface area (Å²) in [5.74, 6) is 0.320. The molecule has 0 radical (unpaired) electrons. The second kappa shape index (κ2) is 6.31. The van der Waals surface area contributed by atoms with Gasteiger partial charge in [-0.15, -0.1) is 0 Å². The lowest BCUT2D eigenvalue weighted by atomic mass is 9.85. The molecule has 0 fully saturated rings. The summed E-state index contributed by atoms with van der Waals surface area (Å²) in [7, 11) is 0. The molecule has 0 saturated carbocycles. The maximum atomic E-state index is 10.6. The summed E-state index contributed by atoms with van der Waals surface area (Å²) in [6, 6.07) is 16.5. The van der Waals surface area contributed by atoms with E-state index in [1.54, 1.807) is 6.07 Å². The number of nitrogens with zero attached hydrogens (tertiary/aromatic N) is 2. The number of aromatic amines is 1. The first kappa shape index (κ1) is 17.7. The zero-order valence-corrected chi connectivity index (χ0v) is 16.8. The standard InChI is InChI=1S/C25H23N3O/c1-25(2,3)18-6-7-19-16(12-18)5-9-23(29)20(19)10-15-11-21-22(26-13-15)8-4-17-14-27-28-24(17)21/h4-9,11-14,29H,10H2,1-3H3,(H,27,28). The van der Waals surface area contributed by atoms with Crippen molar-refractivity contribution >= 4 is 32.6 Å². The summed E-state index contributed by atoms with van der Waals surface area (Å²) < 4.78 is 0. The van der Waals surface area contributed by atoms with E-state index in [4.69, 9.17) is 0 Å². The van der Waals surface area contributed by atoms with E-state index in [0.717, 1.165) is 43.7 Å². The minimum Gasteiger partial charge on any atom is -0.508 e. The van der Waals surface area contributed by atoms with E-state index in [0.29, 0.717) is 12.2 Å². The minimum absolute atomic E-state index is 0.0873. The molecule has 29 heavy (non-hydrogen) atoms. The fourth-order valence-corrected chi connectivity index (χ4v) is 3.99. The molecule has 0 unspecified atom stereocenters. The van der Waals surface area contributed by atoms with E-state index < -0.39 is 0 Å². The zero-order valence-electron chi connectivity index (χ0n) is 16.8. The van der Waals surface area contributed by atoms with E-state index >= 15 is 0 Å². The van der Waals surface area contributed by atoms with Crippen molar-refractivity contribution in [2.45, 2.75) is 32.6 Å². The fraction of sp³-hybridized carbons (Fsp3) is 0.200. The van der Waals surface area contributed by atoms with Crippen LogP contribution in [0.2, 0.25) is 0 Å². The Morgan fingerprint density at radius 2 is 1.72 bits per heavy atom. The van der Waals surface area contributed by atoms with Gasteiger partial charge in [0.1, 0.15) is 5.75 Å². The highest BCUT2D eigenvalue weighted by atomic mass is 16.3. The Bertz CT molecular complexity index is 1380. The molecule has 4 heteroatoms. The van der Waals surface area contributed by atoms with Crippen LogP contribution in [0.3, 0.4) is 0 Å². The number of hydrogen-bond donors (Lipinski definition) is 2. The zero-order chi connectivity index (χ0) is 20.2. The fourth-order valence-electron chi connectivity index (χ4n) is 3.99. The number of pyridine rings is 1. The number of benzene rings is 3. The largest absolute Gasteiger partial charge is 0.508 e. The second-order valence-corrected chi connectivity index (χ2v) is 8.74. The van der Waals surface area contributed by atoms with Crippen LogP contribution in [0.1, 0.15) is 37.5 Å². The number of hydrogen-bond acceptors (Lipinski definition) is 3. The molecule has 0 aliphatic heterocycles. The second-order valence-electron chi connectivity index (χ2n) is 8.74. The van der Waals surface area contributed by atoms with Gasteiger partial charge in [-0.1, -0.05) is 45.0 Å². The molecule has 0 aliphatic carbocycles. The summed E-state index contributed by atoms with van der Waals surface area (Å²) in [4.78, 5) is 4.63. The lowest BCUT2D eigenvalue weighted by Crippen LogP contribution is -2.10. The average molecular weight is 381 g/mol. The molecule has 2 aromatic heterocycles. The van der Waals surface area contributed by atoms with Gasteiger partial charge in [-0.25, -0.2) is 0 Å². The van der Waals surface area contributed by atoms with Crippen molar-refractivity contribution in [2.75, 3.05) is 0 Å². The van der Waals surface area contributed by atoms with Gasteiger partial charge in [-0.05, 0) is 51.6 Å². The molecule has 0 bridgehead atoms. The number of fused-ring (bicyclic) bond motifs is 4. The lowest BCUT2D eigenvalue weighted by molar-refractivity contribution is 0.470. The predicted molar refractivity (Wildman–Crippen MR) is 119 cm³/mol. The molecule has 0 aliphatic rings. The molecule has 0 atom stereocenters. The first-order valence-corrected chi connectivity index (χ1v) is 9.86. The Labute approximate surface area is 169 Å². The Morgan fingerprint density at radius 3 is 2.55 bits per heavy atom. The van der Waals surface area contributed by atoms with Gasteiger partial charge in [0.2, 0.25) is 0 Å². The summed E-state index contributed by atoms with van der Waals surface area (Å²) in [5, 5.41) is 22.2. The number of nitrogens with one attached hydrogen (secondary N) is 1. The molecule has 0 spiro atoms. The third-order valence-electron chi connectivity index (χ3n) is 5.69. The Hall–Kier alpha value is -3.40. The van der Waals surface area contributed by atoms with E-state index in [1.165, 1.54) is 5.56 Å². The molecule has 2 N–H and O–H groups in total. The molecule has 0 amide bonds. The molecule has 5 aromatic rings. The van der Waals surface area contributed by atoms with Gasteiger partial charge in [0.05, 0.1) is 17.2 Å². The summed E-state index contributed by atoms with van der Waals surface area (Å²) in [6.07, 6.45) is 4.34. The number of phenolic OH excluding ortho intramolecular Hbond substituents is 1. The molecule has 0 saturated heterocycles. The van der Waals surface area contributed by atoms with Gasteiger partial charge >= 0.3 is 0 Å². The molecule has 3 aromatic carbocycles. The molecular weight excluding hydrogens is 358 g/mol. The molecular formula is C25H23N3O. The van der Waals surface area contributed by atoms with E-state index in [2.05, 4.69) is 60.2 Å². The van der Waals surface area contributed by atoms with Crippen LogP contribution >= 0.6 is 0 Å². The topological polar surface area (TPSA) is 61.8 Å². The normalized spacial score (nSPS) is 12.2. The molecule has 4 nitrogen and oxygen atoms in total. The highest BCUT2D eigenvalue weighted by Gasteiger charge is 2.16. The van der Waals surface area contributed by atoms with E-state index in [-0.39, 0.29) is 5.41 Å². The predicted octanol–water partition coefficient (Wildman–Crippen LogP) is 5.86. The smallest absolute Gasteiger partial charge is 0.119 e. The van der Waals surface area contributed by atoms with Crippen molar-refractivity contribution in [1.82, 2.24) is 15.2 Å². The first-order chi connectivity index (χ1) is 13.9. The molecule has 144 valence electrons. The third kappa shape index (κ3) is 3.01.